The van der Waals surface area contributed by atoms with Gasteiger partial charge in [0.2, 0.25) is 0 Å². The van der Waals surface area contributed by atoms with Crippen molar-refractivity contribution in [3.8, 4) is 0 Å². The molecule has 1 atom stereocenters. The van der Waals surface area contributed by atoms with E-state index in [2.05, 4.69) is 22.9 Å². The Bertz CT molecular complexity index is 623. The van der Waals surface area contributed by atoms with Gasteiger partial charge in [-0.3, -0.25) is 0 Å². The van der Waals surface area contributed by atoms with E-state index in [0.717, 1.165) is 6.42 Å². The topological polar surface area (TPSA) is 20.2 Å². The van der Waals surface area contributed by atoms with Gasteiger partial charge in [0.05, 0.1) is 5.02 Å². The van der Waals surface area contributed by atoms with Crippen LogP contribution in [0.2, 0.25) is 5.02 Å². The molecule has 1 unspecified atom stereocenters. The zero-order valence-electron chi connectivity index (χ0n) is 11.3. The number of benzene rings is 2. The van der Waals surface area contributed by atoms with Crippen LogP contribution >= 0.6 is 27.5 Å². The van der Waals surface area contributed by atoms with E-state index in [1.54, 1.807) is 19.1 Å². The SMILES string of the molecule is CCc1ccc(C(C)(O)c2ccc(Br)c(Cl)c2F)cc1. The predicted octanol–water partition coefficient (Wildman–Crippen LogP) is 5.06. The second kappa shape index (κ2) is 5.84. The summed E-state index contributed by atoms with van der Waals surface area (Å²) in [6.07, 6.45) is 0.918. The zero-order chi connectivity index (χ0) is 14.9. The minimum Gasteiger partial charge on any atom is -0.381 e. The van der Waals surface area contributed by atoms with Gasteiger partial charge in [0, 0.05) is 10.0 Å². The van der Waals surface area contributed by atoms with Crippen molar-refractivity contribution in [2.45, 2.75) is 25.9 Å². The average Bonchev–Trinajstić information content (AvgIpc) is 2.44. The van der Waals surface area contributed by atoms with Crippen LogP contribution in [0.1, 0.15) is 30.5 Å². The largest absolute Gasteiger partial charge is 0.381 e. The summed E-state index contributed by atoms with van der Waals surface area (Å²) in [4.78, 5) is 0. The lowest BCUT2D eigenvalue weighted by molar-refractivity contribution is 0.0979. The van der Waals surface area contributed by atoms with Crippen LogP contribution in [0.5, 0.6) is 0 Å². The molecule has 106 valence electrons. The van der Waals surface area contributed by atoms with Crippen molar-refractivity contribution in [1.29, 1.82) is 0 Å². The fraction of sp³-hybridized carbons (Fsp3) is 0.250. The molecule has 0 amide bonds. The highest BCUT2D eigenvalue weighted by atomic mass is 79.9. The number of rotatable bonds is 3. The maximum absolute atomic E-state index is 14.3. The molecule has 4 heteroatoms. The van der Waals surface area contributed by atoms with Crippen LogP contribution in [0.4, 0.5) is 4.39 Å². The van der Waals surface area contributed by atoms with E-state index in [0.29, 0.717) is 10.0 Å². The molecule has 0 aromatic heterocycles. The molecule has 0 saturated carbocycles. The van der Waals surface area contributed by atoms with Crippen molar-refractivity contribution in [3.05, 3.63) is 68.4 Å². The highest BCUT2D eigenvalue weighted by Crippen LogP contribution is 2.36. The lowest BCUT2D eigenvalue weighted by Crippen LogP contribution is -2.24. The maximum Gasteiger partial charge on any atom is 0.149 e. The first-order chi connectivity index (χ1) is 9.37. The van der Waals surface area contributed by atoms with Crippen LogP contribution < -0.4 is 0 Å². The van der Waals surface area contributed by atoms with E-state index < -0.39 is 11.4 Å². The Labute approximate surface area is 131 Å². The van der Waals surface area contributed by atoms with Crippen LogP contribution in [0.3, 0.4) is 0 Å². The average molecular weight is 358 g/mol. The molecule has 0 spiro atoms. The van der Waals surface area contributed by atoms with Crippen molar-refractivity contribution < 1.29 is 9.50 Å². The molecule has 0 bridgehead atoms. The van der Waals surface area contributed by atoms with Gasteiger partial charge in [-0.2, -0.15) is 0 Å². The molecular weight excluding hydrogens is 343 g/mol. The van der Waals surface area contributed by atoms with Gasteiger partial charge in [-0.05, 0) is 46.5 Å². The van der Waals surface area contributed by atoms with Crippen LogP contribution in [0.25, 0.3) is 0 Å². The fourth-order valence-electron chi connectivity index (χ4n) is 2.12. The smallest absolute Gasteiger partial charge is 0.149 e. The van der Waals surface area contributed by atoms with Crippen molar-refractivity contribution >= 4 is 27.5 Å². The second-order valence-corrected chi connectivity index (χ2v) is 6.08. The van der Waals surface area contributed by atoms with E-state index in [1.165, 1.54) is 5.56 Å². The number of hydrogen-bond donors (Lipinski definition) is 1. The lowest BCUT2D eigenvalue weighted by atomic mass is 9.87. The monoisotopic (exact) mass is 356 g/mol. The van der Waals surface area contributed by atoms with Gasteiger partial charge < -0.3 is 5.11 Å². The van der Waals surface area contributed by atoms with Crippen molar-refractivity contribution in [3.63, 3.8) is 0 Å². The van der Waals surface area contributed by atoms with E-state index in [-0.39, 0.29) is 10.6 Å². The number of aryl methyl sites for hydroxylation is 1. The molecule has 0 fully saturated rings. The molecule has 0 aliphatic carbocycles. The first kappa shape index (κ1) is 15.5. The summed E-state index contributed by atoms with van der Waals surface area (Å²) in [6.45, 7) is 3.62. The Morgan fingerprint density at radius 2 is 1.80 bits per heavy atom. The molecule has 0 saturated heterocycles. The Morgan fingerprint density at radius 1 is 1.20 bits per heavy atom. The van der Waals surface area contributed by atoms with Gasteiger partial charge in [0.15, 0.2) is 0 Å². The van der Waals surface area contributed by atoms with Crippen LogP contribution in [-0.4, -0.2) is 5.11 Å². The molecule has 1 N–H and O–H groups in total. The van der Waals surface area contributed by atoms with Crippen LogP contribution in [0.15, 0.2) is 40.9 Å². The third kappa shape index (κ3) is 2.76. The number of halogens is 3. The molecular formula is C16H15BrClFO. The fourth-order valence-corrected chi connectivity index (χ4v) is 2.59. The van der Waals surface area contributed by atoms with Crippen molar-refractivity contribution in [1.82, 2.24) is 0 Å². The van der Waals surface area contributed by atoms with Gasteiger partial charge in [-0.15, -0.1) is 0 Å². The first-order valence-electron chi connectivity index (χ1n) is 6.33. The molecule has 0 aliphatic heterocycles. The van der Waals surface area contributed by atoms with Crippen LogP contribution in [0, 0.1) is 5.82 Å². The molecule has 2 aromatic rings. The minimum atomic E-state index is -1.43. The second-order valence-electron chi connectivity index (χ2n) is 4.85. The summed E-state index contributed by atoms with van der Waals surface area (Å²) in [6, 6.07) is 10.7. The van der Waals surface area contributed by atoms with Crippen molar-refractivity contribution in [2.75, 3.05) is 0 Å². The highest BCUT2D eigenvalue weighted by Gasteiger charge is 2.30. The molecule has 0 aliphatic rings. The molecule has 0 radical (unpaired) electrons. The molecule has 1 nitrogen and oxygen atoms in total. The summed E-state index contributed by atoms with van der Waals surface area (Å²) in [5.41, 5.74) is 0.529. The third-order valence-electron chi connectivity index (χ3n) is 3.48. The van der Waals surface area contributed by atoms with E-state index in [1.807, 2.05) is 24.3 Å². The van der Waals surface area contributed by atoms with E-state index in [4.69, 9.17) is 11.6 Å². The minimum absolute atomic E-state index is 0.0204. The Hall–Kier alpha value is -0.900. The lowest BCUT2D eigenvalue weighted by Gasteiger charge is -2.25. The third-order valence-corrected chi connectivity index (χ3v) is 4.74. The Balaban J connectivity index is 2.51. The van der Waals surface area contributed by atoms with Gasteiger partial charge in [0.25, 0.3) is 0 Å². The first-order valence-corrected chi connectivity index (χ1v) is 7.50. The van der Waals surface area contributed by atoms with Crippen LogP contribution in [-0.2, 0) is 12.0 Å². The van der Waals surface area contributed by atoms with Gasteiger partial charge >= 0.3 is 0 Å². The zero-order valence-corrected chi connectivity index (χ0v) is 13.6. The molecule has 0 heterocycles. The Morgan fingerprint density at radius 3 is 2.35 bits per heavy atom. The molecule has 2 aromatic carbocycles. The molecule has 2 rings (SSSR count). The number of hydrogen-bond acceptors (Lipinski definition) is 1. The highest BCUT2D eigenvalue weighted by molar-refractivity contribution is 9.10. The van der Waals surface area contributed by atoms with E-state index in [9.17, 15) is 9.50 Å². The summed E-state index contributed by atoms with van der Waals surface area (Å²) >= 11 is 9.06. The summed E-state index contributed by atoms with van der Waals surface area (Å²) in [5.74, 6) is -0.606. The van der Waals surface area contributed by atoms with Crippen molar-refractivity contribution in [2.24, 2.45) is 0 Å². The van der Waals surface area contributed by atoms with Gasteiger partial charge in [-0.25, -0.2) is 4.39 Å². The maximum atomic E-state index is 14.3. The van der Waals surface area contributed by atoms with Gasteiger partial charge in [-0.1, -0.05) is 48.9 Å². The Kier molecular flexibility index (Phi) is 4.52. The van der Waals surface area contributed by atoms with E-state index >= 15 is 0 Å². The number of aliphatic hydroxyl groups is 1. The van der Waals surface area contributed by atoms with Gasteiger partial charge in [0.1, 0.15) is 11.4 Å². The normalized spacial score (nSPS) is 14.1. The quantitative estimate of drug-likeness (QED) is 0.761. The summed E-state index contributed by atoms with van der Waals surface area (Å²) in [5, 5.41) is 10.7. The summed E-state index contributed by atoms with van der Waals surface area (Å²) in [7, 11) is 0. The molecule has 20 heavy (non-hydrogen) atoms. The summed E-state index contributed by atoms with van der Waals surface area (Å²) < 4.78 is 14.7. The predicted molar refractivity (Wildman–Crippen MR) is 83.6 cm³/mol. The standard InChI is InChI=1S/C16H15BrClFO/c1-3-10-4-6-11(7-5-10)16(2,20)12-8-9-13(17)14(18)15(12)19/h4-9,20H,3H2,1-2H3.